The first-order chi connectivity index (χ1) is 12.2. The molecule has 2 aromatic carbocycles. The molecule has 2 N–H and O–H groups in total. The zero-order valence-corrected chi connectivity index (χ0v) is 15.7. The van der Waals surface area contributed by atoms with Crippen LogP contribution in [0, 0.1) is 0 Å². The van der Waals surface area contributed by atoms with Gasteiger partial charge in [0.1, 0.15) is 11.4 Å². The van der Waals surface area contributed by atoms with E-state index < -0.39 is 15.6 Å². The van der Waals surface area contributed by atoms with Gasteiger partial charge >= 0.3 is 0 Å². The number of nitrogens with one attached hydrogen (secondary N) is 1. The molecule has 0 amide bonds. The highest BCUT2D eigenvalue weighted by atomic mass is 35.5. The quantitative estimate of drug-likeness (QED) is 0.773. The van der Waals surface area contributed by atoms with Gasteiger partial charge in [-0.25, -0.2) is 13.1 Å². The molecule has 0 unspecified atom stereocenters. The molecule has 1 aliphatic rings. The highest BCUT2D eigenvalue weighted by Crippen LogP contribution is 2.35. The average molecular weight is 400 g/mol. The monoisotopic (exact) mass is 399 g/mol. The van der Waals surface area contributed by atoms with E-state index >= 15 is 0 Å². The van der Waals surface area contributed by atoms with Crippen LogP contribution in [0.2, 0.25) is 5.02 Å². The van der Waals surface area contributed by atoms with Crippen LogP contribution in [0.1, 0.15) is 12.5 Å². The fourth-order valence-corrected chi connectivity index (χ4v) is 3.95. The smallest absolute Gasteiger partial charge is 0.240 e. The van der Waals surface area contributed by atoms with Gasteiger partial charge < -0.3 is 19.3 Å². The highest BCUT2D eigenvalue weighted by molar-refractivity contribution is 7.89. The van der Waals surface area contributed by atoms with Gasteiger partial charge in [0.05, 0.1) is 17.0 Å². The first kappa shape index (κ1) is 18.8. The topological polar surface area (TPSA) is 94.1 Å². The molecule has 1 heterocycles. The standard InChI is InChI=1S/C17H18ClNO6S/c1-17(20,11-3-5-15-16(7-11)25-10-24-15)9-19-26(21,22)12-4-6-14(23-2)13(18)8-12/h3-8,19-20H,9-10H2,1-2H3/t17-/m1/s1. The van der Waals surface area contributed by atoms with Crippen molar-refractivity contribution < 1.29 is 27.7 Å². The van der Waals surface area contributed by atoms with Crippen LogP contribution in [-0.2, 0) is 15.6 Å². The second kappa shape index (κ2) is 6.96. The Morgan fingerprint density at radius 1 is 1.23 bits per heavy atom. The van der Waals surface area contributed by atoms with Crippen molar-refractivity contribution in [1.82, 2.24) is 4.72 Å². The molecule has 9 heteroatoms. The van der Waals surface area contributed by atoms with E-state index in [1.165, 1.54) is 32.2 Å². The highest BCUT2D eigenvalue weighted by Gasteiger charge is 2.28. The summed E-state index contributed by atoms with van der Waals surface area (Å²) in [5.74, 6) is 1.46. The van der Waals surface area contributed by atoms with Crippen molar-refractivity contribution in [1.29, 1.82) is 0 Å². The Morgan fingerprint density at radius 3 is 2.65 bits per heavy atom. The fourth-order valence-electron chi connectivity index (χ4n) is 2.47. The van der Waals surface area contributed by atoms with Crippen LogP contribution in [0.3, 0.4) is 0 Å². The van der Waals surface area contributed by atoms with Crippen molar-refractivity contribution >= 4 is 21.6 Å². The second-order valence-electron chi connectivity index (χ2n) is 5.96. The summed E-state index contributed by atoms with van der Waals surface area (Å²) in [5, 5.41) is 10.9. The third kappa shape index (κ3) is 3.73. The van der Waals surface area contributed by atoms with Gasteiger partial charge in [0.25, 0.3) is 0 Å². The van der Waals surface area contributed by atoms with E-state index in [9.17, 15) is 13.5 Å². The summed E-state index contributed by atoms with van der Waals surface area (Å²) in [6.45, 7) is 1.39. The SMILES string of the molecule is COc1ccc(S(=O)(=O)NC[C@@](C)(O)c2ccc3c(c2)OCO3)cc1Cl. The van der Waals surface area contributed by atoms with Gasteiger partial charge in [-0.3, -0.25) is 0 Å². The van der Waals surface area contributed by atoms with E-state index in [4.69, 9.17) is 25.8 Å². The zero-order chi connectivity index (χ0) is 18.9. The molecule has 3 rings (SSSR count). The number of hydrogen-bond donors (Lipinski definition) is 2. The lowest BCUT2D eigenvalue weighted by atomic mass is 9.96. The van der Waals surface area contributed by atoms with Gasteiger partial charge in [0, 0.05) is 6.54 Å². The molecule has 140 valence electrons. The number of halogens is 1. The molecular weight excluding hydrogens is 382 g/mol. The molecule has 0 aromatic heterocycles. The van der Waals surface area contributed by atoms with Crippen LogP contribution in [0.5, 0.6) is 17.2 Å². The molecule has 0 bridgehead atoms. The second-order valence-corrected chi connectivity index (χ2v) is 8.14. The Hall–Kier alpha value is -2.00. The number of rotatable bonds is 6. The Bertz CT molecular complexity index is 929. The third-order valence-corrected chi connectivity index (χ3v) is 5.73. The molecule has 1 aliphatic heterocycles. The van der Waals surface area contributed by atoms with Crippen LogP contribution in [0.25, 0.3) is 0 Å². The van der Waals surface area contributed by atoms with E-state index in [1.807, 2.05) is 0 Å². The van der Waals surface area contributed by atoms with Gasteiger partial charge in [0.2, 0.25) is 16.8 Å². The maximum atomic E-state index is 12.5. The van der Waals surface area contributed by atoms with Crippen molar-refractivity contribution in [2.75, 3.05) is 20.4 Å². The van der Waals surface area contributed by atoms with Gasteiger partial charge in [-0.05, 0) is 42.8 Å². The summed E-state index contributed by atoms with van der Waals surface area (Å²) in [6, 6.07) is 9.09. The molecule has 0 fully saturated rings. The first-order valence-electron chi connectivity index (χ1n) is 7.69. The molecule has 1 atom stereocenters. The number of ether oxygens (including phenoxy) is 3. The largest absolute Gasteiger partial charge is 0.495 e. The minimum Gasteiger partial charge on any atom is -0.495 e. The van der Waals surface area contributed by atoms with Crippen LogP contribution in [0.15, 0.2) is 41.3 Å². The van der Waals surface area contributed by atoms with Gasteiger partial charge in [0.15, 0.2) is 11.5 Å². The lowest BCUT2D eigenvalue weighted by molar-refractivity contribution is 0.0625. The number of benzene rings is 2. The van der Waals surface area contributed by atoms with E-state index in [1.54, 1.807) is 18.2 Å². The zero-order valence-electron chi connectivity index (χ0n) is 14.2. The van der Waals surface area contributed by atoms with Gasteiger partial charge in [-0.15, -0.1) is 0 Å². The number of fused-ring (bicyclic) bond motifs is 1. The molecule has 0 spiro atoms. The van der Waals surface area contributed by atoms with Gasteiger partial charge in [-0.1, -0.05) is 17.7 Å². The summed E-state index contributed by atoms with van der Waals surface area (Å²) in [5.41, 5.74) is -0.957. The molecule has 0 saturated heterocycles. The average Bonchev–Trinajstić information content (AvgIpc) is 3.08. The van der Waals surface area contributed by atoms with Crippen molar-refractivity contribution in [3.8, 4) is 17.2 Å². The van der Waals surface area contributed by atoms with Crippen molar-refractivity contribution in [3.63, 3.8) is 0 Å². The lowest BCUT2D eigenvalue weighted by Crippen LogP contribution is -2.38. The summed E-state index contributed by atoms with van der Waals surface area (Å²) in [4.78, 5) is -0.0233. The Labute approximate surface area is 156 Å². The Morgan fingerprint density at radius 2 is 1.96 bits per heavy atom. The fraction of sp³-hybridized carbons (Fsp3) is 0.294. The van der Waals surface area contributed by atoms with Crippen LogP contribution in [-0.4, -0.2) is 34.0 Å². The molecule has 0 aliphatic carbocycles. The van der Waals surface area contributed by atoms with E-state index in [0.717, 1.165) is 0 Å². The number of hydrogen-bond acceptors (Lipinski definition) is 6. The molecule has 0 radical (unpaired) electrons. The van der Waals surface area contributed by atoms with Crippen LogP contribution in [0.4, 0.5) is 0 Å². The number of sulfonamides is 1. The summed E-state index contributed by atoms with van der Waals surface area (Å²) in [6.07, 6.45) is 0. The van der Waals surface area contributed by atoms with Crippen molar-refractivity contribution in [3.05, 3.63) is 47.0 Å². The number of methoxy groups -OCH3 is 1. The summed E-state index contributed by atoms with van der Waals surface area (Å²) >= 11 is 5.98. The Balaban J connectivity index is 1.77. The molecular formula is C17H18ClNO6S. The predicted molar refractivity (Wildman–Crippen MR) is 95.3 cm³/mol. The summed E-state index contributed by atoms with van der Waals surface area (Å²) < 4.78 is 42.9. The predicted octanol–water partition coefficient (Wildman–Crippen LogP) is 2.26. The maximum absolute atomic E-state index is 12.5. The minimum absolute atomic E-state index is 0.0233. The van der Waals surface area contributed by atoms with E-state index in [0.29, 0.717) is 22.8 Å². The van der Waals surface area contributed by atoms with Crippen LogP contribution < -0.4 is 18.9 Å². The Kier molecular flexibility index (Phi) is 5.03. The molecule has 0 saturated carbocycles. The van der Waals surface area contributed by atoms with E-state index in [-0.39, 0.29) is 23.3 Å². The van der Waals surface area contributed by atoms with E-state index in [2.05, 4.69) is 4.72 Å². The maximum Gasteiger partial charge on any atom is 0.240 e. The van der Waals surface area contributed by atoms with Crippen LogP contribution >= 0.6 is 11.6 Å². The molecule has 26 heavy (non-hydrogen) atoms. The lowest BCUT2D eigenvalue weighted by Gasteiger charge is -2.24. The first-order valence-corrected chi connectivity index (χ1v) is 9.55. The van der Waals surface area contributed by atoms with Crippen molar-refractivity contribution in [2.45, 2.75) is 17.4 Å². The molecule has 7 nitrogen and oxygen atoms in total. The minimum atomic E-state index is -3.87. The normalized spacial score (nSPS) is 15.5. The van der Waals surface area contributed by atoms with Crippen molar-refractivity contribution in [2.24, 2.45) is 0 Å². The summed E-state index contributed by atoms with van der Waals surface area (Å²) in [7, 11) is -2.43. The van der Waals surface area contributed by atoms with Gasteiger partial charge in [-0.2, -0.15) is 0 Å². The number of aliphatic hydroxyl groups is 1. The third-order valence-electron chi connectivity index (χ3n) is 4.03. The molecule has 2 aromatic rings.